The Hall–Kier alpha value is -2.30. The number of H-pyrrole nitrogens is 1. The number of aromatic nitrogens is 2. The third-order valence-electron chi connectivity index (χ3n) is 3.61. The van der Waals surface area contributed by atoms with Crippen molar-refractivity contribution >= 4 is 5.91 Å². The topological polar surface area (TPSA) is 67.0 Å². The summed E-state index contributed by atoms with van der Waals surface area (Å²) in [6, 6.07) is 7.88. The van der Waals surface area contributed by atoms with Gasteiger partial charge >= 0.3 is 0 Å². The maximum absolute atomic E-state index is 12.1. The second-order valence-electron chi connectivity index (χ2n) is 6.20. The van der Waals surface area contributed by atoms with E-state index in [2.05, 4.69) is 35.4 Å². The Morgan fingerprint density at radius 1 is 1.35 bits per heavy atom. The third kappa shape index (κ3) is 4.84. The predicted octanol–water partition coefficient (Wildman–Crippen LogP) is 2.90. The first kappa shape index (κ1) is 17.1. The molecule has 2 rings (SSSR count). The fraction of sp³-hybridized carbons (Fsp3) is 0.444. The standard InChI is InChI=1S/C18H25N3O2/c1-12(2)9-15-11-16(21-20-15)18(22)19-8-7-14-10-13(3)5-6-17(14)23-4/h5-6,10-12H,7-9H2,1-4H3,(H,19,22)(H,20,21). The monoisotopic (exact) mass is 315 g/mol. The number of hydrogen-bond acceptors (Lipinski definition) is 3. The van der Waals surface area contributed by atoms with Gasteiger partial charge in [0.15, 0.2) is 0 Å². The van der Waals surface area contributed by atoms with Gasteiger partial charge < -0.3 is 10.1 Å². The molecule has 0 bridgehead atoms. The third-order valence-corrected chi connectivity index (χ3v) is 3.61. The Balaban J connectivity index is 1.90. The minimum Gasteiger partial charge on any atom is -0.496 e. The smallest absolute Gasteiger partial charge is 0.271 e. The molecule has 0 aliphatic carbocycles. The van der Waals surface area contributed by atoms with Crippen molar-refractivity contribution in [2.45, 2.75) is 33.6 Å². The van der Waals surface area contributed by atoms with E-state index in [1.165, 1.54) is 5.56 Å². The van der Waals surface area contributed by atoms with Crippen LogP contribution in [0, 0.1) is 12.8 Å². The fourth-order valence-electron chi connectivity index (χ4n) is 2.53. The van der Waals surface area contributed by atoms with Crippen molar-refractivity contribution < 1.29 is 9.53 Å². The number of carbonyl (C=O) groups is 1. The molecule has 124 valence electrons. The summed E-state index contributed by atoms with van der Waals surface area (Å²) < 4.78 is 5.35. The highest BCUT2D eigenvalue weighted by Gasteiger charge is 2.11. The van der Waals surface area contributed by atoms with Crippen LogP contribution in [0.4, 0.5) is 0 Å². The largest absolute Gasteiger partial charge is 0.496 e. The predicted molar refractivity (Wildman–Crippen MR) is 90.9 cm³/mol. The molecule has 2 aromatic rings. The van der Waals surface area contributed by atoms with E-state index in [-0.39, 0.29) is 5.91 Å². The first-order chi connectivity index (χ1) is 11.0. The van der Waals surface area contributed by atoms with E-state index < -0.39 is 0 Å². The first-order valence-corrected chi connectivity index (χ1v) is 7.95. The van der Waals surface area contributed by atoms with Crippen LogP contribution in [-0.2, 0) is 12.8 Å². The molecule has 1 heterocycles. The van der Waals surface area contributed by atoms with Gasteiger partial charge in [-0.25, -0.2) is 0 Å². The second-order valence-corrected chi connectivity index (χ2v) is 6.20. The molecule has 5 heteroatoms. The molecule has 0 aliphatic rings. The molecular formula is C18H25N3O2. The van der Waals surface area contributed by atoms with Crippen molar-refractivity contribution in [2.75, 3.05) is 13.7 Å². The SMILES string of the molecule is COc1ccc(C)cc1CCNC(=O)c1cc(CC(C)C)[nH]n1. The van der Waals surface area contributed by atoms with Crippen LogP contribution in [0.25, 0.3) is 0 Å². The summed E-state index contributed by atoms with van der Waals surface area (Å²) in [4.78, 5) is 12.1. The molecule has 0 saturated carbocycles. The van der Waals surface area contributed by atoms with Crippen LogP contribution >= 0.6 is 0 Å². The number of methoxy groups -OCH3 is 1. The molecule has 0 unspecified atom stereocenters. The summed E-state index contributed by atoms with van der Waals surface area (Å²) in [5, 5.41) is 9.91. The van der Waals surface area contributed by atoms with Crippen molar-refractivity contribution in [2.24, 2.45) is 5.92 Å². The Labute approximate surface area is 137 Å². The van der Waals surface area contributed by atoms with Crippen LogP contribution in [0.3, 0.4) is 0 Å². The number of carbonyl (C=O) groups excluding carboxylic acids is 1. The van der Waals surface area contributed by atoms with E-state index in [0.29, 0.717) is 18.2 Å². The zero-order chi connectivity index (χ0) is 16.8. The minimum absolute atomic E-state index is 0.150. The zero-order valence-electron chi connectivity index (χ0n) is 14.3. The minimum atomic E-state index is -0.150. The number of benzene rings is 1. The van der Waals surface area contributed by atoms with Crippen molar-refractivity contribution in [1.82, 2.24) is 15.5 Å². The number of nitrogens with zero attached hydrogens (tertiary/aromatic N) is 1. The summed E-state index contributed by atoms with van der Waals surface area (Å²) in [5.41, 5.74) is 3.70. The average Bonchev–Trinajstić information content (AvgIpc) is 2.95. The van der Waals surface area contributed by atoms with Crippen LogP contribution < -0.4 is 10.1 Å². The molecular weight excluding hydrogens is 290 g/mol. The van der Waals surface area contributed by atoms with Gasteiger partial charge in [0.1, 0.15) is 11.4 Å². The molecule has 2 N–H and O–H groups in total. The quantitative estimate of drug-likeness (QED) is 0.825. The van der Waals surface area contributed by atoms with Crippen LogP contribution in [-0.4, -0.2) is 29.8 Å². The molecule has 1 amide bonds. The molecule has 0 atom stereocenters. The molecule has 0 fully saturated rings. The van der Waals surface area contributed by atoms with Crippen LogP contribution in [0.15, 0.2) is 24.3 Å². The van der Waals surface area contributed by atoms with Crippen molar-refractivity contribution in [3.8, 4) is 5.75 Å². The number of ether oxygens (including phenoxy) is 1. The van der Waals surface area contributed by atoms with E-state index in [4.69, 9.17) is 4.74 Å². The van der Waals surface area contributed by atoms with E-state index in [1.807, 2.05) is 25.1 Å². The molecule has 0 spiro atoms. The van der Waals surface area contributed by atoms with Gasteiger partial charge in [0, 0.05) is 12.2 Å². The molecule has 0 aliphatic heterocycles. The van der Waals surface area contributed by atoms with Gasteiger partial charge in [0.05, 0.1) is 7.11 Å². The van der Waals surface area contributed by atoms with E-state index in [1.54, 1.807) is 7.11 Å². The lowest BCUT2D eigenvalue weighted by Crippen LogP contribution is -2.26. The van der Waals surface area contributed by atoms with Crippen molar-refractivity contribution in [3.63, 3.8) is 0 Å². The Morgan fingerprint density at radius 2 is 2.13 bits per heavy atom. The maximum Gasteiger partial charge on any atom is 0.271 e. The lowest BCUT2D eigenvalue weighted by Gasteiger charge is -2.09. The van der Waals surface area contributed by atoms with E-state index in [9.17, 15) is 4.79 Å². The van der Waals surface area contributed by atoms with Gasteiger partial charge in [0.2, 0.25) is 0 Å². The molecule has 1 aromatic carbocycles. The van der Waals surface area contributed by atoms with Crippen LogP contribution in [0.2, 0.25) is 0 Å². The Morgan fingerprint density at radius 3 is 2.83 bits per heavy atom. The van der Waals surface area contributed by atoms with Gasteiger partial charge in [-0.3, -0.25) is 9.89 Å². The number of aryl methyl sites for hydroxylation is 1. The summed E-state index contributed by atoms with van der Waals surface area (Å²) in [6.45, 7) is 6.86. The zero-order valence-corrected chi connectivity index (χ0v) is 14.3. The van der Waals surface area contributed by atoms with Crippen molar-refractivity contribution in [1.29, 1.82) is 0 Å². The molecule has 23 heavy (non-hydrogen) atoms. The van der Waals surface area contributed by atoms with Gasteiger partial charge in [-0.15, -0.1) is 0 Å². The number of hydrogen-bond donors (Lipinski definition) is 2. The fourth-order valence-corrected chi connectivity index (χ4v) is 2.53. The van der Waals surface area contributed by atoms with Gasteiger partial charge in [-0.05, 0) is 43.4 Å². The molecule has 0 radical (unpaired) electrons. The van der Waals surface area contributed by atoms with Crippen molar-refractivity contribution in [3.05, 3.63) is 46.8 Å². The highest BCUT2D eigenvalue weighted by Crippen LogP contribution is 2.19. The van der Waals surface area contributed by atoms with E-state index in [0.717, 1.165) is 29.8 Å². The van der Waals surface area contributed by atoms with Gasteiger partial charge in [0.25, 0.3) is 5.91 Å². The lowest BCUT2D eigenvalue weighted by molar-refractivity contribution is 0.0949. The van der Waals surface area contributed by atoms with E-state index >= 15 is 0 Å². The number of aromatic amines is 1. The summed E-state index contributed by atoms with van der Waals surface area (Å²) in [6.07, 6.45) is 1.61. The van der Waals surface area contributed by atoms with Crippen LogP contribution in [0.1, 0.15) is 41.2 Å². The summed E-state index contributed by atoms with van der Waals surface area (Å²) in [5.74, 6) is 1.23. The highest BCUT2D eigenvalue weighted by atomic mass is 16.5. The highest BCUT2D eigenvalue weighted by molar-refractivity contribution is 5.92. The lowest BCUT2D eigenvalue weighted by atomic mass is 10.1. The number of nitrogens with one attached hydrogen (secondary N) is 2. The summed E-state index contributed by atoms with van der Waals surface area (Å²) in [7, 11) is 1.66. The number of amides is 1. The molecule has 0 saturated heterocycles. The van der Waals surface area contributed by atoms with Crippen LogP contribution in [0.5, 0.6) is 5.75 Å². The summed E-state index contributed by atoms with van der Waals surface area (Å²) >= 11 is 0. The Bertz CT molecular complexity index is 662. The molecule has 5 nitrogen and oxygen atoms in total. The normalized spacial score (nSPS) is 10.8. The Kier molecular flexibility index (Phi) is 5.79. The van der Waals surface area contributed by atoms with Gasteiger partial charge in [-0.1, -0.05) is 31.5 Å². The molecule has 1 aromatic heterocycles. The van der Waals surface area contributed by atoms with Gasteiger partial charge in [-0.2, -0.15) is 5.10 Å². The maximum atomic E-state index is 12.1. The average molecular weight is 315 g/mol. The first-order valence-electron chi connectivity index (χ1n) is 7.95. The second kappa shape index (κ2) is 7.81. The number of rotatable bonds is 7.